The molecule has 0 saturated heterocycles. The largest absolute Gasteiger partial charge is 4.00 e. The summed E-state index contributed by atoms with van der Waals surface area (Å²) in [5.41, 5.74) is 0. The molecule has 0 aromatic heterocycles. The molecule has 0 aliphatic heterocycles. The molecule has 0 amide bonds. The maximum Gasteiger partial charge on any atom is 4.00 e. The van der Waals surface area contributed by atoms with Crippen LogP contribution in [0.1, 0.15) is 346 Å². The third kappa shape index (κ3) is 49.7. The summed E-state index contributed by atoms with van der Waals surface area (Å²) in [5, 5.41) is 0. The van der Waals surface area contributed by atoms with Crippen LogP contribution in [0, 0.1) is 225 Å². The molecule has 0 aromatic rings. The Bertz CT molecular complexity index is 1110. The van der Waals surface area contributed by atoms with Gasteiger partial charge in [0.25, 0.3) is 0 Å². The molecule has 0 N–H and O–H groups in total. The summed E-state index contributed by atoms with van der Waals surface area (Å²) >= 11 is 0. The number of hydrogen-bond donors (Lipinski definition) is 0. The van der Waals surface area contributed by atoms with Crippen LogP contribution in [0.4, 0.5) is 0 Å². The summed E-state index contributed by atoms with van der Waals surface area (Å²) in [4.78, 5) is 0. The summed E-state index contributed by atoms with van der Waals surface area (Å²) in [6.45, 7) is 24.3. The van der Waals surface area contributed by atoms with Crippen LogP contribution in [0.5, 0.6) is 0 Å². The van der Waals surface area contributed by atoms with Crippen LogP contribution < -0.4 is 0 Å². The third-order valence-corrected chi connectivity index (χ3v) is 23.1. The molecular weight excluding hydrogens is 1410 g/mol. The first-order valence-corrected chi connectivity index (χ1v) is 34.0. The molecule has 0 spiro atoms. The molecule has 0 heterocycles. The second kappa shape index (κ2) is 80.8. The first-order valence-electron chi connectivity index (χ1n) is 34.0. The van der Waals surface area contributed by atoms with Gasteiger partial charge in [-0.1, -0.05) is 269 Å². The van der Waals surface area contributed by atoms with Gasteiger partial charge in [0.05, 0.1) is 0 Å². The summed E-state index contributed by atoms with van der Waals surface area (Å²) in [6, 6.07) is 0. The molecule has 0 nitrogen and oxygen atoms in total. The van der Waals surface area contributed by atoms with Crippen LogP contribution in [0.15, 0.2) is 0 Å². The van der Waals surface area contributed by atoms with E-state index in [-0.39, 0.29) is 231 Å². The fraction of sp³-hybridized carbons (Fsp3) is 0.816. The standard InChI is InChI=1S/C13H24.3C11H20.C8H16.C6H12.2C5H10.CH4.16CH3.4Zr/c1-3-6-11-9-10(2)12-7-4-5-8-13(11)12;3*1-8-7-9(2)11-6-4-3-5-10(8)11;1-2-5-8-6-3-4-7-8;1-6-4-2-3-5-6;2*1-2-4-5-3-1;;;;;;;;;;;;;;;;;;;;;/h10-13H,3-9H2,1-2H3;3*8-11H,3-7H2,1-2H3;8H,2-7H2,1H3;6H,2-5H2,1H3;2*1-5H2;1H4;16*1H3;;;;/q;;;;;;;;;16*-1;4*+4. The summed E-state index contributed by atoms with van der Waals surface area (Å²) in [6.07, 6.45) is 63.3. The quantitative estimate of drug-likeness (QED) is 0.246. The number of rotatable bonds is 4. The van der Waals surface area contributed by atoms with Crippen molar-refractivity contribution in [2.45, 2.75) is 346 Å². The van der Waals surface area contributed by atoms with Crippen LogP contribution in [-0.2, 0) is 105 Å². The molecule has 16 unspecified atom stereocenters. The van der Waals surface area contributed by atoms with E-state index in [1.54, 1.807) is 19.3 Å². The first kappa shape index (κ1) is 138. The van der Waals surface area contributed by atoms with Gasteiger partial charge in [0.2, 0.25) is 0 Å². The molecule has 12 aliphatic rings. The van der Waals surface area contributed by atoms with Crippen molar-refractivity contribution >= 4 is 0 Å². The summed E-state index contributed by atoms with van der Waals surface area (Å²) in [5.74, 6) is 19.4. The van der Waals surface area contributed by atoms with Gasteiger partial charge in [-0.2, -0.15) is 0 Å². The van der Waals surface area contributed by atoms with Crippen molar-refractivity contribution in [2.24, 2.45) is 107 Å². The Balaban J connectivity index is -0.0000000450. The van der Waals surface area contributed by atoms with Crippen LogP contribution in [-0.4, -0.2) is 0 Å². The number of hydrogen-bond acceptors (Lipinski definition) is 0. The molecule has 0 bridgehead atoms. The van der Waals surface area contributed by atoms with Crippen LogP contribution >= 0.6 is 0 Å². The number of fused-ring (bicyclic) bond motifs is 4. The van der Waals surface area contributed by atoms with E-state index in [9.17, 15) is 0 Å². The molecule has 12 fully saturated rings. The maximum atomic E-state index is 2.50. The van der Waals surface area contributed by atoms with Crippen molar-refractivity contribution in [3.8, 4) is 0 Å². The molecule has 0 radical (unpaired) electrons. The maximum absolute atomic E-state index is 2.50. The van der Waals surface area contributed by atoms with E-state index < -0.39 is 0 Å². The van der Waals surface area contributed by atoms with Crippen molar-refractivity contribution in [1.29, 1.82) is 0 Å². The predicted octanol–water partition coefficient (Wildman–Crippen LogP) is 31.6. The summed E-state index contributed by atoms with van der Waals surface area (Å²) < 4.78 is 0. The third-order valence-electron chi connectivity index (χ3n) is 23.1. The van der Waals surface area contributed by atoms with Gasteiger partial charge in [0.1, 0.15) is 0 Å². The van der Waals surface area contributed by atoms with E-state index in [0.717, 1.165) is 107 Å². The molecule has 4 heteroatoms. The van der Waals surface area contributed by atoms with Crippen molar-refractivity contribution in [1.82, 2.24) is 0 Å². The second-order valence-electron chi connectivity index (χ2n) is 28.6. The van der Waals surface area contributed by atoms with Crippen molar-refractivity contribution in [3.63, 3.8) is 0 Å². The molecule has 0 aromatic carbocycles. The molecule has 16 atom stereocenters. The fourth-order valence-electron chi connectivity index (χ4n) is 19.2. The normalized spacial score (nSPS) is 31.1. The molecule has 548 valence electrons. The van der Waals surface area contributed by atoms with Gasteiger partial charge in [-0.15, -0.1) is 0 Å². The Kier molecular flexibility index (Phi) is 122. The average molecular weight is 1600 g/mol. The first-order chi connectivity index (χ1) is 34.0. The van der Waals surface area contributed by atoms with Crippen LogP contribution in [0.2, 0.25) is 0 Å². The van der Waals surface area contributed by atoms with Gasteiger partial charge in [-0.25, -0.2) is 0 Å². The molecule has 12 rings (SSSR count). The predicted molar refractivity (Wildman–Crippen MR) is 423 cm³/mol. The van der Waals surface area contributed by atoms with Crippen molar-refractivity contribution < 1.29 is 105 Å². The van der Waals surface area contributed by atoms with Gasteiger partial charge < -0.3 is 119 Å². The van der Waals surface area contributed by atoms with Crippen molar-refractivity contribution in [2.75, 3.05) is 0 Å². The molecule has 91 heavy (non-hydrogen) atoms. The summed E-state index contributed by atoms with van der Waals surface area (Å²) in [7, 11) is 0. The molecule has 12 saturated carbocycles. The zero-order valence-corrected chi connectivity index (χ0v) is 77.9. The van der Waals surface area contributed by atoms with E-state index in [1.807, 2.05) is 0 Å². The smallest absolute Gasteiger partial charge is 0.358 e. The Morgan fingerprint density at radius 2 is 0.385 bits per heavy atom. The van der Waals surface area contributed by atoms with E-state index in [4.69, 9.17) is 0 Å². The molecule has 12 aliphatic carbocycles. The van der Waals surface area contributed by atoms with Crippen molar-refractivity contribution in [3.05, 3.63) is 119 Å². The Hall–Kier alpha value is 3.53. The second-order valence-corrected chi connectivity index (χ2v) is 28.6. The Labute approximate surface area is 669 Å². The van der Waals surface area contributed by atoms with E-state index >= 15 is 0 Å². The zero-order valence-electron chi connectivity index (χ0n) is 68.1. The monoisotopic (exact) mass is 1590 g/mol. The average Bonchev–Trinajstić information content (AvgIpc) is 4.24. The van der Waals surface area contributed by atoms with Gasteiger partial charge >= 0.3 is 105 Å². The topological polar surface area (TPSA) is 0 Å². The van der Waals surface area contributed by atoms with Gasteiger partial charge in [-0.05, 0) is 184 Å². The van der Waals surface area contributed by atoms with Crippen LogP contribution in [0.3, 0.4) is 0 Å². The SMILES string of the molecule is C.C1CCCC1.C1CCCC1.CC1CC(C)C2CCCCC12.CC1CC(C)C2CCCCC12.CC1CC(C)C2CCCCC12.CC1CCCC1.CCCC1CC(C)C2CCCCC12.CCCC1CCCC1.[CH3-].[CH3-].[CH3-].[CH3-].[CH3-].[CH3-].[CH3-].[CH3-].[CH3-].[CH3-].[CH3-].[CH3-].[CH3-].[CH3-].[CH3-].[CH3-].[Zr+4].[Zr+4].[Zr+4].[Zr+4]. The zero-order chi connectivity index (χ0) is 50.1. The molecular formula is C87H184Zr4. The van der Waals surface area contributed by atoms with E-state index in [2.05, 4.69) is 69.2 Å². The minimum absolute atomic E-state index is 0. The van der Waals surface area contributed by atoms with Gasteiger partial charge in [0, 0.05) is 0 Å². The fourth-order valence-corrected chi connectivity index (χ4v) is 19.2. The Morgan fingerprint density at radius 3 is 0.582 bits per heavy atom. The van der Waals surface area contributed by atoms with E-state index in [1.165, 1.54) is 250 Å². The minimum atomic E-state index is 0. The van der Waals surface area contributed by atoms with Crippen LogP contribution in [0.25, 0.3) is 0 Å². The van der Waals surface area contributed by atoms with Gasteiger partial charge in [0.15, 0.2) is 0 Å². The van der Waals surface area contributed by atoms with Gasteiger partial charge in [-0.3, -0.25) is 0 Å². The Morgan fingerprint density at radius 1 is 0.209 bits per heavy atom. The minimum Gasteiger partial charge on any atom is -0.358 e. The van der Waals surface area contributed by atoms with E-state index in [0.29, 0.717) is 0 Å².